The number of carboxylic acids is 1. The highest BCUT2D eigenvalue weighted by molar-refractivity contribution is 6.31. The lowest BCUT2D eigenvalue weighted by Gasteiger charge is -2.23. The van der Waals surface area contributed by atoms with E-state index in [0.717, 1.165) is 5.56 Å². The van der Waals surface area contributed by atoms with Crippen molar-refractivity contribution in [2.45, 2.75) is 26.3 Å². The standard InChI is InChI=1S/C14H17ClN2O4/c1-2-14(13(18)19)5-6-16(9-14)8-10-3-4-11(17(20)21)7-12(10)15/h3-4,7H,2,5-6,8-9H2,1H3,(H,18,19). The maximum atomic E-state index is 11.4. The van der Waals surface area contributed by atoms with Gasteiger partial charge in [-0.05, 0) is 31.0 Å². The quantitative estimate of drug-likeness (QED) is 0.667. The van der Waals surface area contributed by atoms with Crippen LogP contribution in [-0.4, -0.2) is 34.0 Å². The number of halogens is 1. The van der Waals surface area contributed by atoms with Crippen molar-refractivity contribution in [3.63, 3.8) is 0 Å². The van der Waals surface area contributed by atoms with E-state index in [9.17, 15) is 20.0 Å². The fourth-order valence-electron chi connectivity index (χ4n) is 2.73. The van der Waals surface area contributed by atoms with E-state index in [1.807, 2.05) is 11.8 Å². The second-order valence-corrected chi connectivity index (χ2v) is 5.84. The summed E-state index contributed by atoms with van der Waals surface area (Å²) in [5.74, 6) is -0.762. The smallest absolute Gasteiger partial charge is 0.310 e. The van der Waals surface area contributed by atoms with Gasteiger partial charge in [0.15, 0.2) is 0 Å². The molecule has 21 heavy (non-hydrogen) atoms. The Labute approximate surface area is 127 Å². The number of hydrogen-bond acceptors (Lipinski definition) is 4. The molecule has 0 radical (unpaired) electrons. The van der Waals surface area contributed by atoms with Crippen LogP contribution in [0.3, 0.4) is 0 Å². The minimum Gasteiger partial charge on any atom is -0.481 e. The van der Waals surface area contributed by atoms with Crippen molar-refractivity contribution in [3.05, 3.63) is 38.9 Å². The number of nitro benzene ring substituents is 1. The monoisotopic (exact) mass is 312 g/mol. The summed E-state index contributed by atoms with van der Waals surface area (Å²) in [6, 6.07) is 4.38. The molecule has 0 spiro atoms. The normalized spacial score (nSPS) is 22.4. The summed E-state index contributed by atoms with van der Waals surface area (Å²) in [5.41, 5.74) is 0.0472. The summed E-state index contributed by atoms with van der Waals surface area (Å²) in [7, 11) is 0. The van der Waals surface area contributed by atoms with Crippen LogP contribution in [0.1, 0.15) is 25.3 Å². The SMILES string of the molecule is CCC1(C(=O)O)CCN(Cc2ccc([N+](=O)[O-])cc2Cl)C1. The zero-order chi connectivity index (χ0) is 15.6. The first-order chi connectivity index (χ1) is 9.88. The Morgan fingerprint density at radius 1 is 1.57 bits per heavy atom. The first-order valence-corrected chi connectivity index (χ1v) is 7.14. The maximum Gasteiger partial charge on any atom is 0.310 e. The van der Waals surface area contributed by atoms with Crippen LogP contribution >= 0.6 is 11.6 Å². The van der Waals surface area contributed by atoms with Crippen LogP contribution < -0.4 is 0 Å². The van der Waals surface area contributed by atoms with Gasteiger partial charge in [-0.25, -0.2) is 0 Å². The van der Waals surface area contributed by atoms with Gasteiger partial charge in [-0.15, -0.1) is 0 Å². The highest BCUT2D eigenvalue weighted by atomic mass is 35.5. The molecule has 1 aliphatic heterocycles. The minimum atomic E-state index is -0.762. The Morgan fingerprint density at radius 3 is 2.76 bits per heavy atom. The number of likely N-dealkylation sites (tertiary alicyclic amines) is 1. The number of nitro groups is 1. The van der Waals surface area contributed by atoms with Crippen molar-refractivity contribution in [1.82, 2.24) is 4.90 Å². The summed E-state index contributed by atoms with van der Waals surface area (Å²) in [6.07, 6.45) is 1.20. The zero-order valence-electron chi connectivity index (χ0n) is 11.7. The van der Waals surface area contributed by atoms with E-state index in [-0.39, 0.29) is 5.69 Å². The number of non-ortho nitro benzene ring substituents is 1. The Kier molecular flexibility index (Phi) is 4.49. The molecule has 0 bridgehead atoms. The lowest BCUT2D eigenvalue weighted by Crippen LogP contribution is -2.33. The molecule has 1 N–H and O–H groups in total. The molecule has 6 nitrogen and oxygen atoms in total. The zero-order valence-corrected chi connectivity index (χ0v) is 12.5. The van der Waals surface area contributed by atoms with Gasteiger partial charge in [-0.2, -0.15) is 0 Å². The first-order valence-electron chi connectivity index (χ1n) is 6.76. The fraction of sp³-hybridized carbons (Fsp3) is 0.500. The molecule has 2 rings (SSSR count). The van der Waals surface area contributed by atoms with Crippen LogP contribution in [0.25, 0.3) is 0 Å². The molecule has 0 amide bonds. The number of benzene rings is 1. The fourth-order valence-corrected chi connectivity index (χ4v) is 2.96. The summed E-state index contributed by atoms with van der Waals surface area (Å²) in [4.78, 5) is 23.6. The third kappa shape index (κ3) is 3.16. The highest BCUT2D eigenvalue weighted by Gasteiger charge is 2.43. The molecular formula is C14H17ClN2O4. The first kappa shape index (κ1) is 15.7. The second kappa shape index (κ2) is 5.99. The Balaban J connectivity index is 2.10. The van der Waals surface area contributed by atoms with E-state index in [4.69, 9.17) is 11.6 Å². The maximum absolute atomic E-state index is 11.4. The van der Waals surface area contributed by atoms with Crippen LogP contribution in [0.5, 0.6) is 0 Å². The minimum absolute atomic E-state index is 0.0430. The van der Waals surface area contributed by atoms with Gasteiger partial charge in [0, 0.05) is 25.2 Å². The van der Waals surface area contributed by atoms with Gasteiger partial charge in [-0.3, -0.25) is 19.8 Å². The summed E-state index contributed by atoms with van der Waals surface area (Å²) >= 11 is 6.07. The number of nitrogens with zero attached hydrogens (tertiary/aromatic N) is 2. The molecule has 1 aromatic rings. The van der Waals surface area contributed by atoms with Crippen LogP contribution in [0.2, 0.25) is 5.02 Å². The van der Waals surface area contributed by atoms with Gasteiger partial charge in [0.25, 0.3) is 5.69 Å². The molecule has 0 aliphatic carbocycles. The molecule has 1 atom stereocenters. The van der Waals surface area contributed by atoms with Crippen molar-refractivity contribution in [1.29, 1.82) is 0 Å². The highest BCUT2D eigenvalue weighted by Crippen LogP contribution is 2.35. The molecule has 1 aliphatic rings. The van der Waals surface area contributed by atoms with E-state index in [1.165, 1.54) is 12.1 Å². The topological polar surface area (TPSA) is 83.7 Å². The van der Waals surface area contributed by atoms with Crippen molar-refractivity contribution in [2.75, 3.05) is 13.1 Å². The molecule has 1 saturated heterocycles. The number of rotatable bonds is 5. The molecule has 1 heterocycles. The Morgan fingerprint density at radius 2 is 2.29 bits per heavy atom. The summed E-state index contributed by atoms with van der Waals surface area (Å²) < 4.78 is 0. The summed E-state index contributed by atoms with van der Waals surface area (Å²) in [5, 5.41) is 20.4. The lowest BCUT2D eigenvalue weighted by molar-refractivity contribution is -0.384. The van der Waals surface area contributed by atoms with E-state index in [2.05, 4.69) is 0 Å². The predicted molar refractivity (Wildman–Crippen MR) is 78.4 cm³/mol. The lowest BCUT2D eigenvalue weighted by atomic mass is 9.84. The van der Waals surface area contributed by atoms with Crippen LogP contribution in [-0.2, 0) is 11.3 Å². The molecule has 0 saturated carbocycles. The molecule has 0 aromatic heterocycles. The van der Waals surface area contributed by atoms with Crippen LogP contribution in [0, 0.1) is 15.5 Å². The van der Waals surface area contributed by atoms with E-state index >= 15 is 0 Å². The van der Waals surface area contributed by atoms with Gasteiger partial charge < -0.3 is 5.11 Å². The molecule has 1 unspecified atom stereocenters. The van der Waals surface area contributed by atoms with Gasteiger partial charge in [0.2, 0.25) is 0 Å². The average molecular weight is 313 g/mol. The number of aliphatic carboxylic acids is 1. The van der Waals surface area contributed by atoms with Crippen molar-refractivity contribution in [2.24, 2.45) is 5.41 Å². The van der Waals surface area contributed by atoms with E-state index < -0.39 is 16.3 Å². The number of carboxylic acid groups (broad SMARTS) is 1. The number of hydrogen-bond donors (Lipinski definition) is 1. The molecule has 1 aromatic carbocycles. The third-order valence-corrected chi connectivity index (χ3v) is 4.56. The molecule has 114 valence electrons. The van der Waals surface area contributed by atoms with Gasteiger partial charge >= 0.3 is 5.97 Å². The van der Waals surface area contributed by atoms with Crippen molar-refractivity contribution < 1.29 is 14.8 Å². The van der Waals surface area contributed by atoms with E-state index in [1.54, 1.807) is 6.07 Å². The Bertz CT molecular complexity index is 578. The van der Waals surface area contributed by atoms with Crippen LogP contribution in [0.15, 0.2) is 18.2 Å². The second-order valence-electron chi connectivity index (χ2n) is 5.43. The van der Waals surface area contributed by atoms with E-state index in [0.29, 0.717) is 37.5 Å². The van der Waals surface area contributed by atoms with Gasteiger partial charge in [0.1, 0.15) is 0 Å². The molecular weight excluding hydrogens is 296 g/mol. The Hall–Kier alpha value is -1.66. The average Bonchev–Trinajstić information content (AvgIpc) is 2.85. The van der Waals surface area contributed by atoms with Gasteiger partial charge in [-0.1, -0.05) is 18.5 Å². The number of carbonyl (C=O) groups is 1. The summed E-state index contributed by atoms with van der Waals surface area (Å²) in [6.45, 7) is 3.56. The molecule has 1 fully saturated rings. The largest absolute Gasteiger partial charge is 0.481 e. The predicted octanol–water partition coefficient (Wildman–Crippen LogP) is 2.93. The van der Waals surface area contributed by atoms with Crippen molar-refractivity contribution in [3.8, 4) is 0 Å². The van der Waals surface area contributed by atoms with Crippen molar-refractivity contribution >= 4 is 23.3 Å². The van der Waals surface area contributed by atoms with Gasteiger partial charge in [0.05, 0.1) is 15.4 Å². The molecule has 7 heteroatoms. The van der Waals surface area contributed by atoms with Crippen LogP contribution in [0.4, 0.5) is 5.69 Å². The third-order valence-electron chi connectivity index (χ3n) is 4.20.